The molecule has 1 aromatic heterocycles. The fraction of sp³-hybridized carbons (Fsp3) is 0.235. The zero-order valence-electron chi connectivity index (χ0n) is 13.0. The van der Waals surface area contributed by atoms with Crippen LogP contribution in [0.5, 0.6) is 5.88 Å². The summed E-state index contributed by atoms with van der Waals surface area (Å²) >= 11 is 4.98. The third kappa shape index (κ3) is 2.93. The lowest BCUT2D eigenvalue weighted by Gasteiger charge is -2.20. The fourth-order valence-electron chi connectivity index (χ4n) is 2.80. The number of rotatable bonds is 2. The van der Waals surface area contributed by atoms with E-state index in [4.69, 9.17) is 4.74 Å². The van der Waals surface area contributed by atoms with Gasteiger partial charge in [-0.2, -0.15) is 4.98 Å². The molecule has 0 bridgehead atoms. The molecule has 1 atom stereocenters. The van der Waals surface area contributed by atoms with Gasteiger partial charge in [-0.1, -0.05) is 45.9 Å². The first kappa shape index (κ1) is 15.7. The molecule has 2 aliphatic rings. The van der Waals surface area contributed by atoms with Crippen molar-refractivity contribution in [1.29, 1.82) is 0 Å². The summed E-state index contributed by atoms with van der Waals surface area (Å²) in [5.41, 5.74) is 3.89. The van der Waals surface area contributed by atoms with Gasteiger partial charge in [0.2, 0.25) is 11.0 Å². The van der Waals surface area contributed by atoms with Gasteiger partial charge in [-0.05, 0) is 37.3 Å². The molecule has 0 radical (unpaired) electrons. The molecule has 1 N–H and O–H groups in total. The molecule has 1 aliphatic heterocycles. The van der Waals surface area contributed by atoms with Crippen LogP contribution in [-0.2, 0) is 0 Å². The Bertz CT molecular complexity index is 852. The molecule has 0 spiro atoms. The molecule has 5 nitrogen and oxygen atoms in total. The Morgan fingerprint density at radius 1 is 1.33 bits per heavy atom. The second kappa shape index (κ2) is 6.57. The number of fused-ring (bicyclic) bond motifs is 2. The summed E-state index contributed by atoms with van der Waals surface area (Å²) in [7, 11) is 0. The van der Waals surface area contributed by atoms with E-state index in [-0.39, 0.29) is 6.23 Å². The van der Waals surface area contributed by atoms with Crippen molar-refractivity contribution in [2.45, 2.75) is 24.2 Å². The molecule has 2 aromatic rings. The molecule has 1 aromatic carbocycles. The number of hydrogen-bond donors (Lipinski definition) is 1. The molecule has 0 saturated heterocycles. The van der Waals surface area contributed by atoms with E-state index in [1.165, 1.54) is 11.8 Å². The highest BCUT2D eigenvalue weighted by molar-refractivity contribution is 9.10. The van der Waals surface area contributed by atoms with E-state index in [2.05, 4.69) is 48.6 Å². The standard InChI is InChI=1S/C17H15BrN4OS/c1-24-17-20-16-14(21-22-17)12-7-2-3-8-13(12)19-15(23-16)10-5-4-6-11(18)9-10/h3-6,8-9,15,19H,2,7H2,1H3. The van der Waals surface area contributed by atoms with Crippen molar-refractivity contribution in [3.8, 4) is 5.88 Å². The number of halogens is 1. The summed E-state index contributed by atoms with van der Waals surface area (Å²) in [6, 6.07) is 8.06. The Labute approximate surface area is 152 Å². The minimum absolute atomic E-state index is 0.331. The van der Waals surface area contributed by atoms with Crippen molar-refractivity contribution in [2.75, 3.05) is 6.26 Å². The summed E-state index contributed by atoms with van der Waals surface area (Å²) < 4.78 is 7.21. The van der Waals surface area contributed by atoms with Crippen molar-refractivity contribution in [2.24, 2.45) is 0 Å². The van der Waals surface area contributed by atoms with E-state index in [0.717, 1.165) is 39.8 Å². The third-order valence-corrected chi connectivity index (χ3v) is 4.97. The quantitative estimate of drug-likeness (QED) is 0.762. The van der Waals surface area contributed by atoms with Crippen LogP contribution in [0.4, 0.5) is 0 Å². The van der Waals surface area contributed by atoms with Crippen LogP contribution in [0, 0.1) is 0 Å². The molecule has 0 saturated carbocycles. The maximum atomic E-state index is 6.20. The Morgan fingerprint density at radius 2 is 2.25 bits per heavy atom. The van der Waals surface area contributed by atoms with Crippen LogP contribution in [0.25, 0.3) is 5.57 Å². The maximum Gasteiger partial charge on any atom is 0.247 e. The second-order valence-corrected chi connectivity index (χ2v) is 7.17. The number of benzene rings is 1. The van der Waals surface area contributed by atoms with Crippen molar-refractivity contribution >= 4 is 33.3 Å². The van der Waals surface area contributed by atoms with Gasteiger partial charge >= 0.3 is 0 Å². The van der Waals surface area contributed by atoms with Crippen LogP contribution in [-0.4, -0.2) is 21.4 Å². The zero-order valence-corrected chi connectivity index (χ0v) is 15.4. The summed E-state index contributed by atoms with van der Waals surface area (Å²) in [5, 5.41) is 12.7. The summed E-state index contributed by atoms with van der Waals surface area (Å²) in [5.74, 6) is 0.534. The van der Waals surface area contributed by atoms with Crippen molar-refractivity contribution < 1.29 is 4.74 Å². The van der Waals surface area contributed by atoms with E-state index in [1.54, 1.807) is 0 Å². The number of thioether (sulfide) groups is 1. The van der Waals surface area contributed by atoms with Crippen LogP contribution in [0.1, 0.15) is 30.3 Å². The van der Waals surface area contributed by atoms with Gasteiger partial charge in [-0.3, -0.25) is 0 Å². The van der Waals surface area contributed by atoms with Gasteiger partial charge in [-0.25, -0.2) is 0 Å². The number of nitrogens with one attached hydrogen (secondary N) is 1. The zero-order chi connectivity index (χ0) is 16.5. The summed E-state index contributed by atoms with van der Waals surface area (Å²) in [6.45, 7) is 0. The van der Waals surface area contributed by atoms with Gasteiger partial charge in [0.25, 0.3) is 0 Å². The average Bonchev–Trinajstić information content (AvgIpc) is 2.78. The largest absolute Gasteiger partial charge is 0.448 e. The van der Waals surface area contributed by atoms with Gasteiger partial charge in [-0.15, -0.1) is 10.2 Å². The van der Waals surface area contributed by atoms with Crippen molar-refractivity contribution in [3.63, 3.8) is 0 Å². The SMILES string of the molecule is CSc1nnc2c(n1)OC(c1cccc(Br)c1)NC1=C2CCC=C1. The van der Waals surface area contributed by atoms with Crippen molar-refractivity contribution in [3.05, 3.63) is 57.8 Å². The Balaban J connectivity index is 1.83. The molecule has 0 fully saturated rings. The fourth-order valence-corrected chi connectivity index (χ4v) is 3.52. The highest BCUT2D eigenvalue weighted by atomic mass is 79.9. The topological polar surface area (TPSA) is 59.9 Å². The lowest BCUT2D eigenvalue weighted by Crippen LogP contribution is -2.25. The lowest BCUT2D eigenvalue weighted by molar-refractivity contribution is 0.172. The second-order valence-electron chi connectivity index (χ2n) is 5.48. The minimum Gasteiger partial charge on any atom is -0.448 e. The third-order valence-electron chi connectivity index (χ3n) is 3.94. The first-order valence-corrected chi connectivity index (χ1v) is 9.64. The van der Waals surface area contributed by atoms with Gasteiger partial charge in [0.05, 0.1) is 0 Å². The number of nitrogens with zero attached hydrogens (tertiary/aromatic N) is 3. The first-order valence-electron chi connectivity index (χ1n) is 7.62. The van der Waals surface area contributed by atoms with E-state index in [9.17, 15) is 0 Å². The number of aromatic nitrogens is 3. The monoisotopic (exact) mass is 402 g/mol. The van der Waals surface area contributed by atoms with E-state index in [1.807, 2.05) is 30.5 Å². The highest BCUT2D eigenvalue weighted by Gasteiger charge is 2.27. The number of hydrogen-bond acceptors (Lipinski definition) is 6. The molecule has 0 amide bonds. The predicted octanol–water partition coefficient (Wildman–Crippen LogP) is 4.10. The van der Waals surface area contributed by atoms with Gasteiger partial charge in [0.15, 0.2) is 11.9 Å². The van der Waals surface area contributed by atoms with E-state index < -0.39 is 0 Å². The van der Waals surface area contributed by atoms with Crippen LogP contribution < -0.4 is 10.1 Å². The maximum absolute atomic E-state index is 6.20. The molecular weight excluding hydrogens is 388 g/mol. The summed E-state index contributed by atoms with van der Waals surface area (Å²) in [6.07, 6.45) is 7.72. The molecule has 7 heteroatoms. The Morgan fingerprint density at radius 3 is 3.08 bits per heavy atom. The van der Waals surface area contributed by atoms with Crippen LogP contribution in [0.15, 0.2) is 51.7 Å². The van der Waals surface area contributed by atoms with Crippen LogP contribution in [0.3, 0.4) is 0 Å². The van der Waals surface area contributed by atoms with Gasteiger partial charge in [0, 0.05) is 21.3 Å². The molecule has 1 unspecified atom stereocenters. The molecule has 24 heavy (non-hydrogen) atoms. The molecular formula is C17H15BrN4OS. The molecule has 2 heterocycles. The molecule has 122 valence electrons. The highest BCUT2D eigenvalue weighted by Crippen LogP contribution is 2.37. The van der Waals surface area contributed by atoms with E-state index >= 15 is 0 Å². The molecule has 4 rings (SSSR count). The number of ether oxygens (including phenoxy) is 1. The predicted molar refractivity (Wildman–Crippen MR) is 97.5 cm³/mol. The average molecular weight is 403 g/mol. The smallest absolute Gasteiger partial charge is 0.247 e. The van der Waals surface area contributed by atoms with Gasteiger partial charge < -0.3 is 10.1 Å². The first-order chi connectivity index (χ1) is 11.7. The van der Waals surface area contributed by atoms with Gasteiger partial charge in [0.1, 0.15) is 0 Å². The Hall–Kier alpha value is -1.86. The summed E-state index contributed by atoms with van der Waals surface area (Å²) in [4.78, 5) is 4.54. The molecule has 1 aliphatic carbocycles. The van der Waals surface area contributed by atoms with E-state index in [0.29, 0.717) is 11.0 Å². The Kier molecular flexibility index (Phi) is 4.28. The number of allylic oxidation sites excluding steroid dienone is 3. The van der Waals surface area contributed by atoms with Crippen LogP contribution in [0.2, 0.25) is 0 Å². The minimum atomic E-state index is -0.331. The van der Waals surface area contributed by atoms with Crippen molar-refractivity contribution in [1.82, 2.24) is 20.5 Å². The lowest BCUT2D eigenvalue weighted by atomic mass is 9.99. The van der Waals surface area contributed by atoms with Crippen LogP contribution >= 0.6 is 27.7 Å². The normalized spacial score (nSPS) is 19.0.